The molecule has 0 aliphatic heterocycles. The van der Waals surface area contributed by atoms with Crippen molar-refractivity contribution >= 4 is 17.5 Å². The minimum atomic E-state index is -0.247. The maximum Gasteiger partial charge on any atom is 0.273 e. The molecular weight excluding hydrogens is 256 g/mol. The number of carbonyl (C=O) groups is 1. The van der Waals surface area contributed by atoms with Gasteiger partial charge in [0.25, 0.3) is 5.91 Å². The summed E-state index contributed by atoms with van der Waals surface area (Å²) in [5.74, 6) is 0.858. The Kier molecular flexibility index (Phi) is 5.62. The van der Waals surface area contributed by atoms with E-state index in [1.165, 1.54) is 0 Å². The molecule has 1 aromatic heterocycles. The van der Waals surface area contributed by atoms with E-state index in [-0.39, 0.29) is 17.0 Å². The number of ether oxygens (including phenoxy) is 1. The lowest BCUT2D eigenvalue weighted by Gasteiger charge is -2.23. The zero-order valence-electron chi connectivity index (χ0n) is 11.0. The predicted octanol–water partition coefficient (Wildman–Crippen LogP) is 2.21. The second-order valence-corrected chi connectivity index (χ2v) is 5.28. The van der Waals surface area contributed by atoms with Crippen LogP contribution in [0.15, 0.2) is 10.6 Å². The zero-order valence-corrected chi connectivity index (χ0v) is 11.7. The van der Waals surface area contributed by atoms with Gasteiger partial charge in [-0.2, -0.15) is 0 Å². The molecule has 5 nitrogen and oxygen atoms in total. The molecule has 0 radical (unpaired) electrons. The molecule has 0 saturated heterocycles. The van der Waals surface area contributed by atoms with Gasteiger partial charge >= 0.3 is 0 Å². The van der Waals surface area contributed by atoms with Gasteiger partial charge < -0.3 is 14.6 Å². The molecule has 1 amide bonds. The van der Waals surface area contributed by atoms with Crippen molar-refractivity contribution in [3.63, 3.8) is 0 Å². The molecule has 0 bridgehead atoms. The van der Waals surface area contributed by atoms with Crippen LogP contribution in [0.5, 0.6) is 0 Å². The third-order valence-corrected chi connectivity index (χ3v) is 2.77. The van der Waals surface area contributed by atoms with Gasteiger partial charge in [0, 0.05) is 25.6 Å². The molecule has 1 heterocycles. The third kappa shape index (κ3) is 4.66. The first-order valence-corrected chi connectivity index (χ1v) is 6.30. The van der Waals surface area contributed by atoms with E-state index < -0.39 is 0 Å². The Hall–Kier alpha value is -1.07. The van der Waals surface area contributed by atoms with Gasteiger partial charge in [0.05, 0.1) is 0 Å². The first-order valence-electron chi connectivity index (χ1n) is 5.77. The number of carbonyl (C=O) groups excluding carboxylic acids is 1. The van der Waals surface area contributed by atoms with Gasteiger partial charge in [0.2, 0.25) is 0 Å². The van der Waals surface area contributed by atoms with Crippen molar-refractivity contribution in [3.8, 4) is 0 Å². The highest BCUT2D eigenvalue weighted by molar-refractivity contribution is 6.17. The van der Waals surface area contributed by atoms with E-state index in [0.717, 1.165) is 6.42 Å². The highest BCUT2D eigenvalue weighted by atomic mass is 35.5. The van der Waals surface area contributed by atoms with E-state index in [0.29, 0.717) is 24.8 Å². The summed E-state index contributed by atoms with van der Waals surface area (Å²) in [6.07, 6.45) is 0.836. The molecule has 0 atom stereocenters. The second kappa shape index (κ2) is 6.75. The van der Waals surface area contributed by atoms with Crippen molar-refractivity contribution in [2.75, 3.05) is 19.5 Å². The van der Waals surface area contributed by atoms with Gasteiger partial charge in [-0.25, -0.2) is 0 Å². The molecule has 1 N–H and O–H groups in total. The number of methoxy groups -OCH3 is 1. The molecule has 0 spiro atoms. The fraction of sp³-hybridized carbons (Fsp3) is 0.667. The number of rotatable bonds is 7. The highest BCUT2D eigenvalue weighted by Gasteiger charge is 2.20. The molecule has 0 aliphatic rings. The van der Waals surface area contributed by atoms with Gasteiger partial charge in [-0.15, -0.1) is 11.6 Å². The first-order chi connectivity index (χ1) is 8.48. The molecule has 18 heavy (non-hydrogen) atoms. The van der Waals surface area contributed by atoms with Crippen LogP contribution in [0, 0.1) is 5.41 Å². The number of aromatic nitrogens is 1. The number of halogens is 1. The maximum atomic E-state index is 11.8. The summed E-state index contributed by atoms with van der Waals surface area (Å²) in [5, 5.41) is 6.51. The largest absolute Gasteiger partial charge is 0.377 e. The van der Waals surface area contributed by atoms with E-state index in [1.54, 1.807) is 13.2 Å². The quantitative estimate of drug-likeness (QED) is 0.774. The Bertz CT molecular complexity index is 390. The summed E-state index contributed by atoms with van der Waals surface area (Å²) >= 11 is 5.70. The van der Waals surface area contributed by atoms with Crippen LogP contribution in [0.2, 0.25) is 0 Å². The van der Waals surface area contributed by atoms with Crippen LogP contribution in [-0.4, -0.2) is 30.6 Å². The number of hydrogen-bond acceptors (Lipinski definition) is 4. The second-order valence-electron chi connectivity index (χ2n) is 4.90. The molecule has 0 unspecified atom stereocenters. The Morgan fingerprint density at radius 3 is 2.94 bits per heavy atom. The van der Waals surface area contributed by atoms with Crippen LogP contribution in [0.25, 0.3) is 0 Å². The summed E-state index contributed by atoms with van der Waals surface area (Å²) < 4.78 is 9.84. The van der Waals surface area contributed by atoms with Crippen LogP contribution in [0.3, 0.4) is 0 Å². The van der Waals surface area contributed by atoms with E-state index in [4.69, 9.17) is 20.9 Å². The molecule has 102 valence electrons. The molecule has 0 aromatic carbocycles. The SMILES string of the molecule is COCc1cc(C(=O)NCC(C)(C)CCCl)no1. The molecule has 6 heteroatoms. The Morgan fingerprint density at radius 1 is 1.61 bits per heavy atom. The number of hydrogen-bond donors (Lipinski definition) is 1. The number of nitrogens with one attached hydrogen (secondary N) is 1. The lowest BCUT2D eigenvalue weighted by molar-refractivity contribution is 0.0926. The minimum absolute atomic E-state index is 0.0312. The number of nitrogens with zero attached hydrogens (tertiary/aromatic N) is 1. The van der Waals surface area contributed by atoms with E-state index in [1.807, 2.05) is 0 Å². The number of alkyl halides is 1. The van der Waals surface area contributed by atoms with Crippen LogP contribution < -0.4 is 5.32 Å². The Morgan fingerprint density at radius 2 is 2.33 bits per heavy atom. The van der Waals surface area contributed by atoms with Crippen LogP contribution in [-0.2, 0) is 11.3 Å². The third-order valence-electron chi connectivity index (χ3n) is 2.58. The standard InChI is InChI=1S/C12H19ClN2O3/c1-12(2,4-5-13)8-14-11(16)10-6-9(7-17-3)18-15-10/h6H,4-5,7-8H2,1-3H3,(H,14,16). The van der Waals surface area contributed by atoms with Crippen molar-refractivity contribution in [1.82, 2.24) is 10.5 Å². The molecule has 0 aliphatic carbocycles. The van der Waals surface area contributed by atoms with Gasteiger partial charge in [0.1, 0.15) is 6.61 Å². The zero-order chi connectivity index (χ0) is 13.6. The van der Waals surface area contributed by atoms with E-state index in [2.05, 4.69) is 24.3 Å². The fourth-order valence-corrected chi connectivity index (χ4v) is 1.90. The summed E-state index contributed by atoms with van der Waals surface area (Å²) in [6, 6.07) is 1.58. The van der Waals surface area contributed by atoms with Crippen molar-refractivity contribution < 1.29 is 14.1 Å². The minimum Gasteiger partial charge on any atom is -0.377 e. The average Bonchev–Trinajstić information content (AvgIpc) is 2.75. The van der Waals surface area contributed by atoms with Crippen molar-refractivity contribution in [2.45, 2.75) is 26.9 Å². The van der Waals surface area contributed by atoms with Crippen LogP contribution >= 0.6 is 11.6 Å². The van der Waals surface area contributed by atoms with Gasteiger partial charge in [-0.05, 0) is 11.8 Å². The van der Waals surface area contributed by atoms with Crippen molar-refractivity contribution in [2.24, 2.45) is 5.41 Å². The summed E-state index contributed by atoms with van der Waals surface area (Å²) in [5.41, 5.74) is 0.236. The lowest BCUT2D eigenvalue weighted by atomic mass is 9.90. The molecule has 1 rings (SSSR count). The summed E-state index contributed by atoms with van der Waals surface area (Å²) in [4.78, 5) is 11.8. The molecular formula is C12H19ClN2O3. The van der Waals surface area contributed by atoms with E-state index >= 15 is 0 Å². The van der Waals surface area contributed by atoms with Gasteiger partial charge in [0.15, 0.2) is 11.5 Å². The monoisotopic (exact) mass is 274 g/mol. The summed E-state index contributed by atoms with van der Waals surface area (Å²) in [7, 11) is 1.55. The summed E-state index contributed by atoms with van der Waals surface area (Å²) in [6.45, 7) is 4.95. The average molecular weight is 275 g/mol. The molecule has 0 saturated carbocycles. The van der Waals surface area contributed by atoms with Gasteiger partial charge in [-0.1, -0.05) is 19.0 Å². The van der Waals surface area contributed by atoms with Crippen LogP contribution in [0.4, 0.5) is 0 Å². The molecule has 0 fully saturated rings. The maximum absolute atomic E-state index is 11.8. The normalized spacial score (nSPS) is 11.6. The first kappa shape index (κ1) is 15.0. The number of amides is 1. The lowest BCUT2D eigenvalue weighted by Crippen LogP contribution is -2.34. The Labute approximate surface area is 112 Å². The van der Waals surface area contributed by atoms with E-state index in [9.17, 15) is 4.79 Å². The highest BCUT2D eigenvalue weighted by Crippen LogP contribution is 2.19. The smallest absolute Gasteiger partial charge is 0.273 e. The van der Waals surface area contributed by atoms with Gasteiger partial charge in [-0.3, -0.25) is 4.79 Å². The van der Waals surface area contributed by atoms with Crippen molar-refractivity contribution in [1.29, 1.82) is 0 Å². The Balaban J connectivity index is 2.49. The van der Waals surface area contributed by atoms with Crippen LogP contribution in [0.1, 0.15) is 36.5 Å². The molecule has 1 aromatic rings. The van der Waals surface area contributed by atoms with Crippen molar-refractivity contribution in [3.05, 3.63) is 17.5 Å². The fourth-order valence-electron chi connectivity index (χ4n) is 1.38. The predicted molar refractivity (Wildman–Crippen MR) is 68.7 cm³/mol. The topological polar surface area (TPSA) is 64.4 Å².